The van der Waals surface area contributed by atoms with Crippen LogP contribution in [0.15, 0.2) is 78.9 Å². The molecule has 0 aliphatic carbocycles. The first-order valence-corrected chi connectivity index (χ1v) is 9.40. The van der Waals surface area contributed by atoms with Crippen molar-refractivity contribution in [2.45, 2.75) is 5.92 Å². The van der Waals surface area contributed by atoms with Gasteiger partial charge in [0.2, 0.25) is 0 Å². The lowest BCUT2D eigenvalue weighted by molar-refractivity contribution is -0.147. The van der Waals surface area contributed by atoms with Crippen molar-refractivity contribution in [3.63, 3.8) is 0 Å². The van der Waals surface area contributed by atoms with Gasteiger partial charge < -0.3 is 19.5 Å². The third-order valence-electron chi connectivity index (χ3n) is 4.53. The molecule has 3 aromatic carbocycles. The highest BCUT2D eigenvalue weighted by Crippen LogP contribution is 2.29. The van der Waals surface area contributed by atoms with Crippen molar-refractivity contribution >= 4 is 17.6 Å². The van der Waals surface area contributed by atoms with E-state index in [0.717, 1.165) is 11.1 Å². The molecule has 0 heterocycles. The summed E-state index contributed by atoms with van der Waals surface area (Å²) in [6.45, 7) is -0.413. The molecule has 0 fully saturated rings. The average Bonchev–Trinajstić information content (AvgIpc) is 2.79. The van der Waals surface area contributed by atoms with Gasteiger partial charge in [0.15, 0.2) is 6.61 Å². The second kappa shape index (κ2) is 10.1. The number of amides is 1. The van der Waals surface area contributed by atoms with E-state index in [-0.39, 0.29) is 0 Å². The fraction of sp³-hybridized carbons (Fsp3) is 0.167. The number of nitrogens with one attached hydrogen (secondary N) is 1. The zero-order chi connectivity index (χ0) is 21.3. The van der Waals surface area contributed by atoms with E-state index in [1.165, 1.54) is 7.11 Å². The zero-order valence-electron chi connectivity index (χ0n) is 16.8. The molecule has 0 atom stereocenters. The van der Waals surface area contributed by atoms with Crippen LogP contribution in [0, 0.1) is 0 Å². The summed E-state index contributed by atoms with van der Waals surface area (Å²) in [6, 6.07) is 23.7. The van der Waals surface area contributed by atoms with Gasteiger partial charge in [0, 0.05) is 6.07 Å². The Balaban J connectivity index is 1.69. The molecule has 0 saturated heterocycles. The monoisotopic (exact) mass is 405 g/mol. The van der Waals surface area contributed by atoms with E-state index < -0.39 is 24.4 Å². The second-order valence-corrected chi connectivity index (χ2v) is 6.48. The molecule has 6 heteroatoms. The molecular formula is C24H23NO5. The quantitative estimate of drug-likeness (QED) is 0.573. The molecule has 0 bridgehead atoms. The van der Waals surface area contributed by atoms with E-state index >= 15 is 0 Å². The Morgan fingerprint density at radius 2 is 1.43 bits per heavy atom. The second-order valence-electron chi connectivity index (χ2n) is 6.48. The van der Waals surface area contributed by atoms with E-state index in [2.05, 4.69) is 5.32 Å². The summed E-state index contributed by atoms with van der Waals surface area (Å²) in [5, 5.41) is 2.69. The Morgan fingerprint density at radius 3 is 1.97 bits per heavy atom. The smallest absolute Gasteiger partial charge is 0.318 e. The molecule has 3 aromatic rings. The molecule has 0 unspecified atom stereocenters. The minimum absolute atomic E-state index is 0.413. The summed E-state index contributed by atoms with van der Waals surface area (Å²) in [5.41, 5.74) is 2.05. The van der Waals surface area contributed by atoms with Crippen molar-refractivity contribution in [1.82, 2.24) is 0 Å². The van der Waals surface area contributed by atoms with Crippen LogP contribution in [-0.4, -0.2) is 32.7 Å². The van der Waals surface area contributed by atoms with Gasteiger partial charge in [0.25, 0.3) is 5.91 Å². The van der Waals surface area contributed by atoms with Gasteiger partial charge in [-0.05, 0) is 23.3 Å². The van der Waals surface area contributed by atoms with Gasteiger partial charge >= 0.3 is 5.97 Å². The molecule has 1 N–H and O–H groups in total. The van der Waals surface area contributed by atoms with Crippen LogP contribution in [0.25, 0.3) is 0 Å². The molecule has 0 aliphatic heterocycles. The van der Waals surface area contributed by atoms with Crippen LogP contribution in [0.1, 0.15) is 17.0 Å². The Bertz CT molecular complexity index is 949. The average molecular weight is 405 g/mol. The minimum atomic E-state index is -0.615. The van der Waals surface area contributed by atoms with Crippen LogP contribution in [0.3, 0.4) is 0 Å². The normalized spacial score (nSPS) is 10.4. The lowest BCUT2D eigenvalue weighted by Crippen LogP contribution is -2.24. The van der Waals surface area contributed by atoms with Gasteiger partial charge in [-0.25, -0.2) is 0 Å². The number of esters is 1. The fourth-order valence-corrected chi connectivity index (χ4v) is 3.06. The molecule has 0 aromatic heterocycles. The van der Waals surface area contributed by atoms with Crippen LogP contribution < -0.4 is 14.8 Å². The van der Waals surface area contributed by atoms with Crippen LogP contribution in [0.5, 0.6) is 11.5 Å². The van der Waals surface area contributed by atoms with Crippen LogP contribution in [0.4, 0.5) is 5.69 Å². The third kappa shape index (κ3) is 5.17. The highest BCUT2D eigenvalue weighted by molar-refractivity contribution is 5.95. The summed E-state index contributed by atoms with van der Waals surface area (Å²) in [4.78, 5) is 25.2. The van der Waals surface area contributed by atoms with Crippen molar-refractivity contribution in [1.29, 1.82) is 0 Å². The lowest BCUT2D eigenvalue weighted by Gasteiger charge is -2.17. The number of rotatable bonds is 8. The number of hydrogen-bond acceptors (Lipinski definition) is 5. The van der Waals surface area contributed by atoms with Gasteiger partial charge in [-0.3, -0.25) is 9.59 Å². The standard InChI is InChI=1S/C24H23NO5/c1-28-19-13-14-20(21(15-19)29-2)25-22(26)16-30-24(27)23(17-9-5-3-6-10-17)18-11-7-4-8-12-18/h3-15,23H,16H2,1-2H3,(H,25,26). The molecule has 6 nitrogen and oxygen atoms in total. The lowest BCUT2D eigenvalue weighted by atomic mass is 9.91. The first-order chi connectivity index (χ1) is 14.6. The summed E-state index contributed by atoms with van der Waals surface area (Å²) >= 11 is 0. The molecule has 0 spiro atoms. The number of hydrogen-bond donors (Lipinski definition) is 1. The van der Waals surface area contributed by atoms with Gasteiger partial charge in [0.1, 0.15) is 17.4 Å². The fourth-order valence-electron chi connectivity index (χ4n) is 3.06. The maximum atomic E-state index is 12.9. The van der Waals surface area contributed by atoms with Gasteiger partial charge in [-0.2, -0.15) is 0 Å². The topological polar surface area (TPSA) is 73.9 Å². The third-order valence-corrected chi connectivity index (χ3v) is 4.53. The summed E-state index contributed by atoms with van der Waals surface area (Å²) < 4.78 is 15.8. The molecule has 0 aliphatic rings. The summed E-state index contributed by atoms with van der Waals surface area (Å²) in [7, 11) is 3.04. The maximum Gasteiger partial charge on any atom is 0.318 e. The SMILES string of the molecule is COc1ccc(NC(=O)COC(=O)C(c2ccccc2)c2ccccc2)c(OC)c1. The van der Waals surface area contributed by atoms with Crippen LogP contribution >= 0.6 is 0 Å². The maximum absolute atomic E-state index is 12.9. The number of benzene rings is 3. The van der Waals surface area contributed by atoms with E-state index in [9.17, 15) is 9.59 Å². The molecule has 3 rings (SSSR count). The molecule has 0 saturated carbocycles. The van der Waals surface area contributed by atoms with Crippen molar-refractivity contribution in [2.24, 2.45) is 0 Å². The minimum Gasteiger partial charge on any atom is -0.497 e. The van der Waals surface area contributed by atoms with E-state index in [4.69, 9.17) is 14.2 Å². The first kappa shape index (κ1) is 20.9. The molecule has 0 radical (unpaired) electrons. The van der Waals surface area contributed by atoms with Gasteiger partial charge in [0.05, 0.1) is 19.9 Å². The van der Waals surface area contributed by atoms with Crippen LogP contribution in [-0.2, 0) is 14.3 Å². The predicted molar refractivity (Wildman–Crippen MR) is 114 cm³/mol. The number of anilines is 1. The van der Waals surface area contributed by atoms with Crippen molar-refractivity contribution in [3.05, 3.63) is 90.0 Å². The Kier molecular flexibility index (Phi) is 7.05. The van der Waals surface area contributed by atoms with Gasteiger partial charge in [-0.15, -0.1) is 0 Å². The number of carbonyl (C=O) groups excluding carboxylic acids is 2. The summed E-state index contributed by atoms with van der Waals surface area (Å²) in [5.74, 6) is -0.531. The highest BCUT2D eigenvalue weighted by Gasteiger charge is 2.25. The zero-order valence-corrected chi connectivity index (χ0v) is 16.8. The van der Waals surface area contributed by atoms with Crippen LogP contribution in [0.2, 0.25) is 0 Å². The highest BCUT2D eigenvalue weighted by atomic mass is 16.5. The Morgan fingerprint density at radius 1 is 0.833 bits per heavy atom. The molecule has 1 amide bonds. The van der Waals surface area contributed by atoms with E-state index in [1.54, 1.807) is 25.3 Å². The number of carbonyl (C=O) groups is 2. The summed E-state index contributed by atoms with van der Waals surface area (Å²) in [6.07, 6.45) is 0. The number of methoxy groups -OCH3 is 2. The molecular weight excluding hydrogens is 382 g/mol. The number of ether oxygens (including phenoxy) is 3. The largest absolute Gasteiger partial charge is 0.497 e. The molecule has 30 heavy (non-hydrogen) atoms. The Labute approximate surface area is 175 Å². The molecule has 154 valence electrons. The van der Waals surface area contributed by atoms with Gasteiger partial charge in [-0.1, -0.05) is 60.7 Å². The van der Waals surface area contributed by atoms with E-state index in [1.807, 2.05) is 60.7 Å². The van der Waals surface area contributed by atoms with E-state index in [0.29, 0.717) is 17.2 Å². The Hall–Kier alpha value is -3.80. The van der Waals surface area contributed by atoms with Crippen molar-refractivity contribution in [3.8, 4) is 11.5 Å². The van der Waals surface area contributed by atoms with Crippen molar-refractivity contribution in [2.75, 3.05) is 26.1 Å². The first-order valence-electron chi connectivity index (χ1n) is 9.40. The predicted octanol–water partition coefficient (Wildman–Crippen LogP) is 4.02. The van der Waals surface area contributed by atoms with Crippen molar-refractivity contribution < 1.29 is 23.8 Å².